The van der Waals surface area contributed by atoms with Gasteiger partial charge in [0.1, 0.15) is 5.82 Å². The molecule has 4 rings (SSSR count). The minimum Gasteiger partial charge on any atom is -0.371 e. The van der Waals surface area contributed by atoms with Crippen molar-refractivity contribution in [3.63, 3.8) is 0 Å². The summed E-state index contributed by atoms with van der Waals surface area (Å²) in [6.45, 7) is 4.91. The van der Waals surface area contributed by atoms with E-state index in [4.69, 9.17) is 11.6 Å². The van der Waals surface area contributed by atoms with Crippen LogP contribution in [0, 0.1) is 18.7 Å². The third kappa shape index (κ3) is 4.84. The molecule has 0 radical (unpaired) electrons. The molecular weight excluding hydrogens is 389 g/mol. The molecule has 1 unspecified atom stereocenters. The minimum atomic E-state index is -0.255. The third-order valence-corrected chi connectivity index (χ3v) is 6.12. The van der Waals surface area contributed by atoms with Gasteiger partial charge >= 0.3 is 6.03 Å². The first-order chi connectivity index (χ1) is 14.0. The zero-order valence-electron chi connectivity index (χ0n) is 16.7. The van der Waals surface area contributed by atoms with E-state index < -0.39 is 0 Å². The summed E-state index contributed by atoms with van der Waals surface area (Å²) in [4.78, 5) is 16.9. The summed E-state index contributed by atoms with van der Waals surface area (Å²) in [7, 11) is 0. The van der Waals surface area contributed by atoms with Gasteiger partial charge < -0.3 is 15.1 Å². The molecule has 2 aliphatic rings. The lowest BCUT2D eigenvalue weighted by atomic mass is 10.1. The van der Waals surface area contributed by atoms with Crippen LogP contribution in [0.25, 0.3) is 0 Å². The van der Waals surface area contributed by atoms with Crippen LogP contribution in [0.5, 0.6) is 0 Å². The van der Waals surface area contributed by atoms with Crippen LogP contribution in [0.2, 0.25) is 5.02 Å². The molecule has 2 aromatic carbocycles. The molecule has 29 heavy (non-hydrogen) atoms. The van der Waals surface area contributed by atoms with Gasteiger partial charge in [0.25, 0.3) is 0 Å². The highest BCUT2D eigenvalue weighted by atomic mass is 35.5. The predicted molar refractivity (Wildman–Crippen MR) is 115 cm³/mol. The molecule has 1 aliphatic heterocycles. The quantitative estimate of drug-likeness (QED) is 0.721. The number of carbonyl (C=O) groups excluding carboxylic acids is 1. The Kier molecular flexibility index (Phi) is 5.95. The van der Waals surface area contributed by atoms with Crippen LogP contribution in [0.1, 0.15) is 30.4 Å². The lowest BCUT2D eigenvalue weighted by Crippen LogP contribution is -2.43. The number of nitrogens with one attached hydrogen (secondary N) is 1. The van der Waals surface area contributed by atoms with Crippen LogP contribution in [0.4, 0.5) is 14.9 Å². The van der Waals surface area contributed by atoms with Gasteiger partial charge in [-0.25, -0.2) is 9.18 Å². The number of hydrogen-bond acceptors (Lipinski definition) is 2. The second kappa shape index (κ2) is 8.62. The fourth-order valence-corrected chi connectivity index (χ4v) is 4.20. The normalized spacial score (nSPS) is 18.7. The van der Waals surface area contributed by atoms with Crippen molar-refractivity contribution in [1.82, 2.24) is 10.2 Å². The van der Waals surface area contributed by atoms with Crippen LogP contribution in [-0.2, 0) is 6.54 Å². The molecule has 1 saturated heterocycles. The molecule has 1 atom stereocenters. The van der Waals surface area contributed by atoms with E-state index in [9.17, 15) is 9.18 Å². The van der Waals surface area contributed by atoms with Crippen LogP contribution in [0.15, 0.2) is 42.5 Å². The van der Waals surface area contributed by atoms with E-state index in [1.165, 1.54) is 17.3 Å². The lowest BCUT2D eigenvalue weighted by molar-refractivity contribution is 0.189. The van der Waals surface area contributed by atoms with Gasteiger partial charge in [-0.3, -0.25) is 0 Å². The zero-order chi connectivity index (χ0) is 20.4. The topological polar surface area (TPSA) is 35.6 Å². The van der Waals surface area contributed by atoms with Crippen LogP contribution < -0.4 is 10.2 Å². The number of nitrogens with zero attached hydrogens (tertiary/aromatic N) is 2. The Hall–Kier alpha value is -2.27. The Morgan fingerprint density at radius 1 is 1.24 bits per heavy atom. The molecule has 4 nitrogen and oxygen atoms in total. The monoisotopic (exact) mass is 415 g/mol. The minimum absolute atomic E-state index is 0.0897. The van der Waals surface area contributed by atoms with Crippen molar-refractivity contribution in [1.29, 1.82) is 0 Å². The number of anilines is 1. The summed E-state index contributed by atoms with van der Waals surface area (Å²) >= 11 is 6.17. The van der Waals surface area contributed by atoms with Gasteiger partial charge in [-0.1, -0.05) is 35.9 Å². The van der Waals surface area contributed by atoms with Crippen molar-refractivity contribution < 1.29 is 9.18 Å². The molecule has 1 saturated carbocycles. The van der Waals surface area contributed by atoms with Crippen LogP contribution in [0.3, 0.4) is 0 Å². The molecule has 1 heterocycles. The molecule has 0 aromatic heterocycles. The van der Waals surface area contributed by atoms with E-state index in [-0.39, 0.29) is 17.9 Å². The molecule has 0 bridgehead atoms. The SMILES string of the molecule is Cc1ccc(Cl)cc1N1CCC(CNC(=O)N(Cc2ccccc2F)C2CC2)C1. The second-order valence-corrected chi connectivity index (χ2v) is 8.60. The van der Waals surface area contributed by atoms with Gasteiger partial charge in [0.05, 0.1) is 6.54 Å². The molecular formula is C23H27ClFN3O. The Labute approximate surface area is 176 Å². The van der Waals surface area contributed by atoms with E-state index in [0.29, 0.717) is 24.6 Å². The van der Waals surface area contributed by atoms with Gasteiger partial charge in [0, 0.05) is 41.9 Å². The van der Waals surface area contributed by atoms with Crippen molar-refractivity contribution in [2.45, 2.75) is 38.8 Å². The number of carbonyl (C=O) groups is 1. The molecule has 2 aromatic rings. The first-order valence-corrected chi connectivity index (χ1v) is 10.7. The Morgan fingerprint density at radius 3 is 2.79 bits per heavy atom. The molecule has 2 amide bonds. The smallest absolute Gasteiger partial charge is 0.317 e. The number of halogens is 2. The summed E-state index contributed by atoms with van der Waals surface area (Å²) in [5, 5.41) is 3.84. The molecule has 154 valence electrons. The van der Waals surface area contributed by atoms with E-state index >= 15 is 0 Å². The number of benzene rings is 2. The summed E-state index contributed by atoms with van der Waals surface area (Å²) in [5.74, 6) is 0.140. The molecule has 6 heteroatoms. The number of hydrogen-bond donors (Lipinski definition) is 1. The first kappa shape index (κ1) is 20.0. The largest absolute Gasteiger partial charge is 0.371 e. The molecule has 0 spiro atoms. The standard InChI is InChI=1S/C23H27ClFN3O/c1-16-6-7-19(24)12-22(16)27-11-10-17(14-27)13-26-23(29)28(20-8-9-20)15-18-4-2-3-5-21(18)25/h2-7,12,17,20H,8-11,13-15H2,1H3,(H,26,29). The third-order valence-electron chi connectivity index (χ3n) is 5.89. The van der Waals surface area contributed by atoms with Crippen LogP contribution >= 0.6 is 11.6 Å². The van der Waals surface area contributed by atoms with E-state index in [2.05, 4.69) is 17.1 Å². The summed E-state index contributed by atoms with van der Waals surface area (Å²) in [6, 6.07) is 12.8. The Morgan fingerprint density at radius 2 is 2.03 bits per heavy atom. The Bertz CT molecular complexity index is 886. The number of rotatable bonds is 6. The van der Waals surface area contributed by atoms with E-state index in [1.54, 1.807) is 17.0 Å². The molecule has 2 fully saturated rings. The number of aryl methyl sites for hydroxylation is 1. The lowest BCUT2D eigenvalue weighted by Gasteiger charge is -2.25. The van der Waals surface area contributed by atoms with Crippen molar-refractivity contribution in [2.24, 2.45) is 5.92 Å². The van der Waals surface area contributed by atoms with Crippen molar-refractivity contribution in [2.75, 3.05) is 24.5 Å². The van der Waals surface area contributed by atoms with Crippen molar-refractivity contribution >= 4 is 23.3 Å². The zero-order valence-corrected chi connectivity index (χ0v) is 17.5. The number of amides is 2. The van der Waals surface area contributed by atoms with Crippen LogP contribution in [-0.4, -0.2) is 36.6 Å². The predicted octanol–water partition coefficient (Wildman–Crippen LogP) is 4.99. The van der Waals surface area contributed by atoms with E-state index in [1.807, 2.05) is 24.3 Å². The Balaban J connectivity index is 1.33. The average molecular weight is 416 g/mol. The fraction of sp³-hybridized carbons (Fsp3) is 0.435. The highest BCUT2D eigenvalue weighted by molar-refractivity contribution is 6.30. The van der Waals surface area contributed by atoms with Crippen molar-refractivity contribution in [3.05, 3.63) is 64.4 Å². The fourth-order valence-electron chi connectivity index (χ4n) is 4.04. The van der Waals surface area contributed by atoms with Crippen molar-refractivity contribution in [3.8, 4) is 0 Å². The first-order valence-electron chi connectivity index (χ1n) is 10.3. The summed E-state index contributed by atoms with van der Waals surface area (Å²) in [5.41, 5.74) is 2.95. The second-order valence-electron chi connectivity index (χ2n) is 8.17. The molecule has 1 N–H and O–H groups in total. The maximum Gasteiger partial charge on any atom is 0.317 e. The van der Waals surface area contributed by atoms with E-state index in [0.717, 1.165) is 37.4 Å². The van der Waals surface area contributed by atoms with Gasteiger partial charge in [-0.15, -0.1) is 0 Å². The maximum absolute atomic E-state index is 14.0. The van der Waals surface area contributed by atoms with Gasteiger partial charge in [-0.05, 0) is 55.9 Å². The summed E-state index contributed by atoms with van der Waals surface area (Å²) < 4.78 is 14.0. The average Bonchev–Trinajstić information content (AvgIpc) is 3.44. The summed E-state index contributed by atoms with van der Waals surface area (Å²) in [6.07, 6.45) is 3.02. The number of urea groups is 1. The molecule has 1 aliphatic carbocycles. The van der Waals surface area contributed by atoms with Gasteiger partial charge in [-0.2, -0.15) is 0 Å². The highest BCUT2D eigenvalue weighted by Crippen LogP contribution is 2.30. The highest BCUT2D eigenvalue weighted by Gasteiger charge is 2.33. The maximum atomic E-state index is 14.0. The van der Waals surface area contributed by atoms with Gasteiger partial charge in [0.2, 0.25) is 0 Å². The van der Waals surface area contributed by atoms with Gasteiger partial charge in [0.15, 0.2) is 0 Å².